The van der Waals surface area contributed by atoms with E-state index in [1.165, 1.54) is 14.2 Å². The summed E-state index contributed by atoms with van der Waals surface area (Å²) in [4.78, 5) is 73.2. The van der Waals surface area contributed by atoms with E-state index in [-0.39, 0.29) is 36.2 Å². The van der Waals surface area contributed by atoms with Crippen molar-refractivity contribution in [1.82, 2.24) is 40.4 Å². The summed E-state index contributed by atoms with van der Waals surface area (Å²) in [5, 5.41) is 5.43. The van der Waals surface area contributed by atoms with E-state index < -0.39 is 30.3 Å². The van der Waals surface area contributed by atoms with Crippen molar-refractivity contribution in [3.8, 4) is 51.2 Å². The van der Waals surface area contributed by atoms with Crippen LogP contribution in [0.25, 0.3) is 33.6 Å². The molecule has 4 heterocycles. The zero-order valence-electron chi connectivity index (χ0n) is 38.3. The molecule has 16 heteroatoms. The van der Waals surface area contributed by atoms with Gasteiger partial charge in [-0.15, -0.1) is 0 Å². The number of rotatable bonds is 14. The van der Waals surface area contributed by atoms with Crippen LogP contribution >= 0.6 is 0 Å². The molecular weight excluding hydrogens is 841 g/mol. The molecule has 1 aliphatic carbocycles. The zero-order chi connectivity index (χ0) is 46.6. The molecule has 0 fully saturated rings. The maximum atomic E-state index is 14.4. The molecule has 3 aromatic carbocycles. The van der Waals surface area contributed by atoms with E-state index in [0.29, 0.717) is 37.0 Å². The number of benzene rings is 3. The number of hydrogen-bond acceptors (Lipinski definition) is 10. The number of fused-ring (bicyclic) bond motifs is 6. The molecule has 2 aromatic heterocycles. The second-order valence-electron chi connectivity index (χ2n) is 17.2. The largest absolute Gasteiger partial charge is 0.488 e. The van der Waals surface area contributed by atoms with Crippen LogP contribution in [0, 0.1) is 23.7 Å². The van der Waals surface area contributed by atoms with Gasteiger partial charge < -0.3 is 49.3 Å². The van der Waals surface area contributed by atoms with E-state index in [9.17, 15) is 19.2 Å². The van der Waals surface area contributed by atoms with Crippen molar-refractivity contribution < 1.29 is 38.1 Å². The Labute approximate surface area is 384 Å². The molecule has 0 saturated heterocycles. The van der Waals surface area contributed by atoms with Crippen LogP contribution in [0.5, 0.6) is 5.75 Å². The van der Waals surface area contributed by atoms with Gasteiger partial charge in [-0.3, -0.25) is 9.59 Å². The molecule has 2 aliphatic heterocycles. The molecule has 5 aromatic rings. The zero-order valence-corrected chi connectivity index (χ0v) is 38.3. The van der Waals surface area contributed by atoms with Crippen LogP contribution in [0.3, 0.4) is 0 Å². The predicted molar refractivity (Wildman–Crippen MR) is 246 cm³/mol. The molecular formula is C50H56N8O8. The first-order valence-electron chi connectivity index (χ1n) is 22.3. The van der Waals surface area contributed by atoms with Crippen LogP contribution in [-0.4, -0.2) is 101 Å². The standard InChI is InChI=1S/C50H56N8O8/c1-8-20-57(47(59)42(28(2)3)55-49(61)64-6)29(4)45-52-38-18-16-32-22-37-35-17-15-33(21-34(35)27-66-41(37)23-36(32)44(38)54-45)39-24-51-46(53-39)40-19-14-30(26-63-5)25-58(40)48(60)43(56-50(62)65-7)31-12-10-9-11-13-31/h9-13,15,17,21-24,28-30,40,42-43H,8,16,18,20,25-27H2,1-7H3,(H,51,53)(H,52,54)(H,55,61)(H,56,62)/t29-,30-,40-,42-,43+/m0/s1. The van der Waals surface area contributed by atoms with Crippen LogP contribution in [0.4, 0.5) is 9.59 Å². The number of H-pyrrole nitrogens is 2. The lowest BCUT2D eigenvalue weighted by Crippen LogP contribution is -2.52. The molecule has 16 nitrogen and oxygen atoms in total. The van der Waals surface area contributed by atoms with Crippen LogP contribution in [-0.2, 0) is 43.2 Å². The van der Waals surface area contributed by atoms with Gasteiger partial charge in [0.25, 0.3) is 5.91 Å². The van der Waals surface area contributed by atoms with E-state index in [1.807, 2.05) is 52.0 Å². The van der Waals surface area contributed by atoms with Gasteiger partial charge in [0.05, 0.1) is 50.4 Å². The number of ether oxygens (including phenoxy) is 4. The molecule has 0 unspecified atom stereocenters. The fourth-order valence-corrected chi connectivity index (χ4v) is 9.02. The van der Waals surface area contributed by atoms with Crippen molar-refractivity contribution in [2.45, 2.75) is 77.7 Å². The summed E-state index contributed by atoms with van der Waals surface area (Å²) < 4.78 is 21.6. The van der Waals surface area contributed by atoms with Gasteiger partial charge in [0, 0.05) is 37.0 Å². The van der Waals surface area contributed by atoms with E-state index >= 15 is 0 Å². The van der Waals surface area contributed by atoms with Gasteiger partial charge in [0.2, 0.25) is 5.91 Å². The second-order valence-corrected chi connectivity index (χ2v) is 17.2. The number of carbonyl (C=O) groups excluding carboxylic acids is 4. The molecule has 5 atom stereocenters. The third-order valence-electron chi connectivity index (χ3n) is 12.5. The van der Waals surface area contributed by atoms with Crippen molar-refractivity contribution in [2.75, 3.05) is 41.0 Å². The van der Waals surface area contributed by atoms with Crippen molar-refractivity contribution in [2.24, 2.45) is 11.8 Å². The lowest BCUT2D eigenvalue weighted by molar-refractivity contribution is -0.137. The highest BCUT2D eigenvalue weighted by Gasteiger charge is 2.38. The Morgan fingerprint density at radius 1 is 0.909 bits per heavy atom. The molecule has 4 N–H and O–H groups in total. The third kappa shape index (κ3) is 9.08. The molecule has 0 radical (unpaired) electrons. The summed E-state index contributed by atoms with van der Waals surface area (Å²) >= 11 is 0. The average molecular weight is 897 g/mol. The van der Waals surface area contributed by atoms with Gasteiger partial charge in [0.15, 0.2) is 6.04 Å². The number of aromatic amines is 2. The SMILES string of the molecule is CCCN(C(=O)[C@@H](NC(=O)OC)C(C)C)[C@@H](C)c1nc2c([nH]1)CCc1cc3c(cc1-2)OCc1cc(-c2cnc([C@@H]4C#C[C@H](COC)CN4C(=O)[C@H](NC(=O)OC)c4ccccc4)[nH]2)ccc1-3. The number of amides is 4. The number of hydrogen-bond donors (Lipinski definition) is 4. The highest BCUT2D eigenvalue weighted by atomic mass is 16.5. The van der Waals surface area contributed by atoms with Gasteiger partial charge in [0.1, 0.15) is 36.1 Å². The maximum Gasteiger partial charge on any atom is 0.407 e. The summed E-state index contributed by atoms with van der Waals surface area (Å²) in [7, 11) is 4.14. The van der Waals surface area contributed by atoms with Crippen molar-refractivity contribution in [3.63, 3.8) is 0 Å². The number of nitrogens with one attached hydrogen (secondary N) is 4. The van der Waals surface area contributed by atoms with Crippen molar-refractivity contribution in [1.29, 1.82) is 0 Å². The smallest absolute Gasteiger partial charge is 0.407 e. The Bertz CT molecular complexity index is 2680. The number of alkyl carbamates (subject to hydrolysis) is 2. The first-order chi connectivity index (χ1) is 31.9. The van der Waals surface area contributed by atoms with Gasteiger partial charge in [-0.05, 0) is 78.1 Å². The molecule has 344 valence electrons. The number of carbonyl (C=O) groups is 4. The summed E-state index contributed by atoms with van der Waals surface area (Å²) in [6.07, 6.45) is 2.66. The Hall–Kier alpha value is -7.12. The van der Waals surface area contributed by atoms with Crippen LogP contribution in [0.15, 0.2) is 66.9 Å². The lowest BCUT2D eigenvalue weighted by Gasteiger charge is -2.35. The van der Waals surface area contributed by atoms with E-state index in [0.717, 1.165) is 75.5 Å². The topological polar surface area (TPSA) is 193 Å². The number of aromatic nitrogens is 4. The summed E-state index contributed by atoms with van der Waals surface area (Å²) in [6.45, 7) is 9.23. The minimum Gasteiger partial charge on any atom is -0.488 e. The summed E-state index contributed by atoms with van der Waals surface area (Å²) in [5.41, 5.74) is 9.36. The van der Waals surface area contributed by atoms with Crippen LogP contribution in [0.1, 0.15) is 86.3 Å². The lowest BCUT2D eigenvalue weighted by atomic mass is 9.86. The van der Waals surface area contributed by atoms with Crippen molar-refractivity contribution in [3.05, 3.63) is 101 Å². The molecule has 0 saturated carbocycles. The Morgan fingerprint density at radius 2 is 1.68 bits per heavy atom. The Kier molecular flexibility index (Phi) is 13.5. The van der Waals surface area contributed by atoms with E-state index in [1.54, 1.807) is 35.2 Å². The van der Waals surface area contributed by atoms with Crippen LogP contribution < -0.4 is 15.4 Å². The predicted octanol–water partition coefficient (Wildman–Crippen LogP) is 7.05. The Balaban J connectivity index is 1.04. The minimum atomic E-state index is -1.02. The number of methoxy groups -OCH3 is 3. The molecule has 4 amide bonds. The average Bonchev–Trinajstić information content (AvgIpc) is 4.02. The molecule has 8 rings (SSSR count). The number of aryl methyl sites for hydroxylation is 2. The first kappa shape index (κ1) is 45.4. The molecule has 0 spiro atoms. The van der Waals surface area contributed by atoms with Crippen molar-refractivity contribution >= 4 is 24.0 Å². The van der Waals surface area contributed by atoms with Gasteiger partial charge in [-0.2, -0.15) is 0 Å². The highest BCUT2D eigenvalue weighted by molar-refractivity contribution is 5.88. The number of imidazole rings is 2. The van der Waals surface area contributed by atoms with Crippen LogP contribution in [0.2, 0.25) is 0 Å². The normalized spacial score (nSPS) is 17.0. The van der Waals surface area contributed by atoms with Gasteiger partial charge >= 0.3 is 12.2 Å². The quantitative estimate of drug-likeness (QED) is 0.0840. The fraction of sp³-hybridized carbons (Fsp3) is 0.400. The van der Waals surface area contributed by atoms with E-state index in [2.05, 4.69) is 56.7 Å². The monoisotopic (exact) mass is 896 g/mol. The first-order valence-corrected chi connectivity index (χ1v) is 22.3. The fourth-order valence-electron chi connectivity index (χ4n) is 9.02. The molecule has 0 bridgehead atoms. The summed E-state index contributed by atoms with van der Waals surface area (Å²) in [6, 6.07) is 16.7. The Morgan fingerprint density at radius 3 is 2.41 bits per heavy atom. The highest BCUT2D eigenvalue weighted by Crippen LogP contribution is 2.45. The molecule has 66 heavy (non-hydrogen) atoms. The third-order valence-corrected chi connectivity index (χ3v) is 12.5. The molecule has 3 aliphatic rings. The van der Waals surface area contributed by atoms with E-state index in [4.69, 9.17) is 28.9 Å². The van der Waals surface area contributed by atoms with Gasteiger partial charge in [-0.1, -0.05) is 75.1 Å². The number of nitrogens with zero attached hydrogens (tertiary/aromatic N) is 4. The second kappa shape index (κ2) is 19.5. The maximum absolute atomic E-state index is 14.4. The van der Waals surface area contributed by atoms with Gasteiger partial charge in [-0.25, -0.2) is 19.6 Å². The summed E-state index contributed by atoms with van der Waals surface area (Å²) in [5.74, 6) is 7.51. The minimum absolute atomic E-state index is 0.151.